The van der Waals surface area contributed by atoms with Gasteiger partial charge in [-0.2, -0.15) is 4.80 Å². The average Bonchev–Trinajstić information content (AvgIpc) is 3.07. The summed E-state index contributed by atoms with van der Waals surface area (Å²) in [5.74, 6) is -0.420. The molecule has 0 bridgehead atoms. The lowest BCUT2D eigenvalue weighted by Gasteiger charge is -2.13. The first-order chi connectivity index (χ1) is 12.5. The van der Waals surface area contributed by atoms with Crippen LogP contribution in [0.25, 0.3) is 5.69 Å². The first-order valence-corrected chi connectivity index (χ1v) is 8.63. The average molecular weight is 391 g/mol. The first kappa shape index (κ1) is 18.4. The minimum Gasteiger partial charge on any atom is -0.390 e. The van der Waals surface area contributed by atoms with E-state index in [-0.39, 0.29) is 17.4 Å². The van der Waals surface area contributed by atoms with Gasteiger partial charge in [0.25, 0.3) is 5.91 Å². The van der Waals surface area contributed by atoms with E-state index in [4.69, 9.17) is 23.2 Å². The van der Waals surface area contributed by atoms with Gasteiger partial charge >= 0.3 is 0 Å². The van der Waals surface area contributed by atoms with Crippen molar-refractivity contribution in [3.05, 3.63) is 75.5 Å². The number of hydrogen-bond acceptors (Lipinski definition) is 4. The van der Waals surface area contributed by atoms with E-state index in [9.17, 15) is 9.90 Å². The molecule has 0 fully saturated rings. The Morgan fingerprint density at radius 2 is 1.65 bits per heavy atom. The van der Waals surface area contributed by atoms with E-state index in [1.807, 2.05) is 19.1 Å². The maximum absolute atomic E-state index is 12.6. The molecule has 6 nitrogen and oxygen atoms in total. The second-order valence-corrected chi connectivity index (χ2v) is 6.54. The van der Waals surface area contributed by atoms with Crippen LogP contribution in [0.1, 0.15) is 34.7 Å². The number of aliphatic hydroxyl groups excluding tert-OH is 1. The maximum atomic E-state index is 12.6. The van der Waals surface area contributed by atoms with Gasteiger partial charge in [0.1, 0.15) is 5.69 Å². The van der Waals surface area contributed by atoms with E-state index in [2.05, 4.69) is 15.5 Å². The van der Waals surface area contributed by atoms with Crippen LogP contribution in [0.2, 0.25) is 10.0 Å². The normalized spacial score (nSPS) is 12.0. The summed E-state index contributed by atoms with van der Waals surface area (Å²) >= 11 is 11.8. The standard InChI is InChI=1S/C18H16Cl2N4O2/c1-11(12-2-4-13(19)5-3-12)21-18(26)17-16(10-25)22-24(23-17)15-8-6-14(20)7-9-15/h2-9,11,25H,10H2,1H3,(H,21,26). The smallest absolute Gasteiger partial charge is 0.274 e. The number of hydrogen-bond donors (Lipinski definition) is 2. The van der Waals surface area contributed by atoms with Gasteiger partial charge < -0.3 is 10.4 Å². The SMILES string of the molecule is CC(NC(=O)c1nn(-c2ccc(Cl)cc2)nc1CO)c1ccc(Cl)cc1. The molecule has 134 valence electrons. The van der Waals surface area contributed by atoms with Crippen molar-refractivity contribution in [3.8, 4) is 5.69 Å². The number of carbonyl (C=O) groups is 1. The Hall–Kier alpha value is -2.41. The number of carbonyl (C=O) groups excluding carboxylic acids is 1. The summed E-state index contributed by atoms with van der Waals surface area (Å²) in [7, 11) is 0. The zero-order valence-electron chi connectivity index (χ0n) is 13.9. The fourth-order valence-corrected chi connectivity index (χ4v) is 2.66. The molecule has 0 spiro atoms. The molecular formula is C18H16Cl2N4O2. The summed E-state index contributed by atoms with van der Waals surface area (Å²) in [5.41, 5.74) is 1.80. The van der Waals surface area contributed by atoms with Crippen molar-refractivity contribution >= 4 is 29.1 Å². The van der Waals surface area contributed by atoms with Crippen LogP contribution in [0.3, 0.4) is 0 Å². The number of nitrogens with zero attached hydrogens (tertiary/aromatic N) is 3. The van der Waals surface area contributed by atoms with Crippen molar-refractivity contribution in [1.29, 1.82) is 0 Å². The van der Waals surface area contributed by atoms with Crippen molar-refractivity contribution in [2.75, 3.05) is 0 Å². The van der Waals surface area contributed by atoms with Crippen LogP contribution in [0.15, 0.2) is 48.5 Å². The maximum Gasteiger partial charge on any atom is 0.274 e. The molecule has 26 heavy (non-hydrogen) atoms. The minimum atomic E-state index is -0.420. The van der Waals surface area contributed by atoms with Crippen molar-refractivity contribution in [2.24, 2.45) is 0 Å². The number of halogens is 2. The third kappa shape index (κ3) is 4.04. The van der Waals surface area contributed by atoms with Gasteiger partial charge in [0.05, 0.1) is 18.3 Å². The Labute approximate surface area is 160 Å². The highest BCUT2D eigenvalue weighted by atomic mass is 35.5. The Bertz CT molecular complexity index is 908. The Morgan fingerprint density at radius 3 is 2.23 bits per heavy atom. The van der Waals surface area contributed by atoms with Crippen LogP contribution >= 0.6 is 23.2 Å². The van der Waals surface area contributed by atoms with Gasteiger partial charge in [-0.1, -0.05) is 35.3 Å². The highest BCUT2D eigenvalue weighted by molar-refractivity contribution is 6.30. The van der Waals surface area contributed by atoms with E-state index in [1.165, 1.54) is 4.80 Å². The van der Waals surface area contributed by atoms with Gasteiger partial charge in [0.2, 0.25) is 0 Å². The van der Waals surface area contributed by atoms with Crippen LogP contribution in [0, 0.1) is 0 Å². The van der Waals surface area contributed by atoms with E-state index >= 15 is 0 Å². The summed E-state index contributed by atoms with van der Waals surface area (Å²) in [6.07, 6.45) is 0. The summed E-state index contributed by atoms with van der Waals surface area (Å²) in [6, 6.07) is 13.8. The summed E-state index contributed by atoms with van der Waals surface area (Å²) < 4.78 is 0. The predicted molar refractivity (Wildman–Crippen MR) is 99.6 cm³/mol. The molecule has 0 radical (unpaired) electrons. The third-order valence-corrected chi connectivity index (χ3v) is 4.33. The van der Waals surface area contributed by atoms with Gasteiger partial charge in [-0.25, -0.2) is 0 Å². The highest BCUT2D eigenvalue weighted by Crippen LogP contribution is 2.18. The quantitative estimate of drug-likeness (QED) is 0.697. The monoisotopic (exact) mass is 390 g/mol. The molecule has 0 aliphatic carbocycles. The third-order valence-electron chi connectivity index (χ3n) is 3.82. The Balaban J connectivity index is 1.82. The van der Waals surface area contributed by atoms with Crippen LogP contribution in [-0.2, 0) is 6.61 Å². The number of rotatable bonds is 5. The van der Waals surface area contributed by atoms with Gasteiger partial charge in [-0.05, 0) is 48.9 Å². The topological polar surface area (TPSA) is 80.0 Å². The van der Waals surface area contributed by atoms with Crippen molar-refractivity contribution in [2.45, 2.75) is 19.6 Å². The van der Waals surface area contributed by atoms with Crippen molar-refractivity contribution in [3.63, 3.8) is 0 Å². The first-order valence-electron chi connectivity index (χ1n) is 7.87. The summed E-state index contributed by atoms with van der Waals surface area (Å²) in [5, 5.41) is 22.0. The molecule has 0 saturated heterocycles. The zero-order chi connectivity index (χ0) is 18.7. The van der Waals surface area contributed by atoms with Crippen molar-refractivity contribution in [1.82, 2.24) is 20.3 Å². The molecule has 3 rings (SSSR count). The Morgan fingerprint density at radius 1 is 1.08 bits per heavy atom. The zero-order valence-corrected chi connectivity index (χ0v) is 15.4. The van der Waals surface area contributed by atoms with Gasteiger partial charge in [0.15, 0.2) is 5.69 Å². The van der Waals surface area contributed by atoms with Crippen LogP contribution in [0.5, 0.6) is 0 Å². The molecule has 0 aliphatic heterocycles. The molecule has 1 heterocycles. The molecule has 0 saturated carbocycles. The summed E-state index contributed by atoms with van der Waals surface area (Å²) in [4.78, 5) is 13.9. The lowest BCUT2D eigenvalue weighted by atomic mass is 10.1. The fourth-order valence-electron chi connectivity index (χ4n) is 2.41. The lowest BCUT2D eigenvalue weighted by molar-refractivity contribution is 0.0931. The molecule has 0 aliphatic rings. The lowest BCUT2D eigenvalue weighted by Crippen LogP contribution is -2.28. The number of nitrogens with one attached hydrogen (secondary N) is 1. The highest BCUT2D eigenvalue weighted by Gasteiger charge is 2.20. The number of benzene rings is 2. The van der Waals surface area contributed by atoms with Gasteiger partial charge in [-0.15, -0.1) is 10.2 Å². The molecule has 1 amide bonds. The van der Waals surface area contributed by atoms with Gasteiger partial charge in [-0.3, -0.25) is 4.79 Å². The Kier molecular flexibility index (Phi) is 5.56. The predicted octanol–water partition coefficient (Wildman–Crippen LogP) is 3.56. The molecule has 1 atom stereocenters. The second kappa shape index (κ2) is 7.86. The van der Waals surface area contributed by atoms with Gasteiger partial charge in [0, 0.05) is 10.0 Å². The molecule has 3 aromatic rings. The van der Waals surface area contributed by atoms with Crippen LogP contribution in [-0.4, -0.2) is 26.0 Å². The number of aromatic nitrogens is 3. The molecular weight excluding hydrogens is 375 g/mol. The van der Waals surface area contributed by atoms with Crippen LogP contribution in [0.4, 0.5) is 0 Å². The number of aliphatic hydroxyl groups is 1. The molecule has 8 heteroatoms. The molecule has 2 N–H and O–H groups in total. The number of amides is 1. The van der Waals surface area contributed by atoms with E-state index in [1.54, 1.807) is 36.4 Å². The minimum absolute atomic E-state index is 0.0725. The van der Waals surface area contributed by atoms with Crippen molar-refractivity contribution < 1.29 is 9.90 Å². The second-order valence-electron chi connectivity index (χ2n) is 5.67. The fraction of sp³-hybridized carbons (Fsp3) is 0.167. The molecule has 1 aromatic heterocycles. The largest absolute Gasteiger partial charge is 0.390 e. The van der Waals surface area contributed by atoms with E-state index in [0.717, 1.165) is 5.56 Å². The van der Waals surface area contributed by atoms with Crippen LogP contribution < -0.4 is 5.32 Å². The summed E-state index contributed by atoms with van der Waals surface area (Å²) in [6.45, 7) is 1.45. The van der Waals surface area contributed by atoms with E-state index < -0.39 is 12.5 Å². The molecule has 1 unspecified atom stereocenters. The van der Waals surface area contributed by atoms with E-state index in [0.29, 0.717) is 15.7 Å². The molecule has 2 aromatic carbocycles.